The Hall–Kier alpha value is -3.08. The number of anilines is 1. The molecular formula is C26H29N3O2. The van der Waals surface area contributed by atoms with Crippen LogP contribution < -0.4 is 5.32 Å². The minimum absolute atomic E-state index is 0.0993. The monoisotopic (exact) mass is 415 g/mol. The van der Waals surface area contributed by atoms with Crippen molar-refractivity contribution in [2.24, 2.45) is 16.3 Å². The van der Waals surface area contributed by atoms with Gasteiger partial charge in [0.25, 0.3) is 0 Å². The van der Waals surface area contributed by atoms with Crippen molar-refractivity contribution in [3.63, 3.8) is 0 Å². The van der Waals surface area contributed by atoms with Crippen LogP contribution in [0.3, 0.4) is 0 Å². The molecule has 2 aromatic rings. The Labute approximate surface area is 183 Å². The highest BCUT2D eigenvalue weighted by atomic mass is 16.2. The summed E-state index contributed by atoms with van der Waals surface area (Å²) >= 11 is 0. The largest absolute Gasteiger partial charge is 0.310 e. The van der Waals surface area contributed by atoms with Crippen molar-refractivity contribution < 1.29 is 9.59 Å². The molecule has 1 aliphatic heterocycles. The molecular weight excluding hydrogens is 386 g/mol. The summed E-state index contributed by atoms with van der Waals surface area (Å²) < 4.78 is 0. The van der Waals surface area contributed by atoms with Crippen LogP contribution in [0.2, 0.25) is 0 Å². The Kier molecular flexibility index (Phi) is 5.38. The summed E-state index contributed by atoms with van der Waals surface area (Å²) in [5.74, 6) is -0.481. The highest BCUT2D eigenvalue weighted by Gasteiger charge is 2.45. The van der Waals surface area contributed by atoms with E-state index in [2.05, 4.69) is 24.1 Å². The van der Waals surface area contributed by atoms with E-state index < -0.39 is 5.92 Å². The number of nitrogens with zero attached hydrogens (tertiary/aromatic N) is 2. The Bertz CT molecular complexity index is 1130. The van der Waals surface area contributed by atoms with Crippen LogP contribution in [0.4, 0.5) is 5.82 Å². The lowest BCUT2D eigenvalue weighted by atomic mass is 9.66. The van der Waals surface area contributed by atoms with Crippen molar-refractivity contribution in [2.45, 2.75) is 53.4 Å². The first-order valence-corrected chi connectivity index (χ1v) is 10.8. The van der Waals surface area contributed by atoms with Gasteiger partial charge in [-0.15, -0.1) is 0 Å². The van der Waals surface area contributed by atoms with Gasteiger partial charge in [0.05, 0.1) is 5.92 Å². The van der Waals surface area contributed by atoms with Gasteiger partial charge in [0.2, 0.25) is 5.91 Å². The number of allylic oxidation sites excluding steroid dienone is 2. The van der Waals surface area contributed by atoms with Crippen molar-refractivity contribution in [3.8, 4) is 0 Å². The average Bonchev–Trinajstić information content (AvgIpc) is 2.66. The average molecular weight is 416 g/mol. The van der Waals surface area contributed by atoms with Gasteiger partial charge < -0.3 is 5.32 Å². The van der Waals surface area contributed by atoms with E-state index in [-0.39, 0.29) is 23.0 Å². The third-order valence-electron chi connectivity index (χ3n) is 6.27. The van der Waals surface area contributed by atoms with E-state index in [9.17, 15) is 9.59 Å². The van der Waals surface area contributed by atoms with Crippen molar-refractivity contribution in [2.75, 3.05) is 5.32 Å². The molecule has 5 heteroatoms. The molecule has 2 atom stereocenters. The second-order valence-corrected chi connectivity index (χ2v) is 9.57. The van der Waals surface area contributed by atoms with E-state index in [0.717, 1.165) is 34.5 Å². The van der Waals surface area contributed by atoms with Gasteiger partial charge in [0.15, 0.2) is 5.78 Å². The molecule has 0 bridgehead atoms. The Morgan fingerprint density at radius 1 is 1.10 bits per heavy atom. The molecule has 1 unspecified atom stereocenters. The number of pyridine rings is 1. The van der Waals surface area contributed by atoms with E-state index in [1.165, 1.54) is 0 Å². The molecule has 0 spiro atoms. The first-order chi connectivity index (χ1) is 14.7. The van der Waals surface area contributed by atoms with Crippen LogP contribution in [0.5, 0.6) is 0 Å². The molecule has 4 rings (SSSR count). The Morgan fingerprint density at radius 3 is 2.55 bits per heavy atom. The zero-order chi connectivity index (χ0) is 22.3. The summed E-state index contributed by atoms with van der Waals surface area (Å²) in [5, 5.41) is 2.96. The van der Waals surface area contributed by atoms with Crippen LogP contribution in [0, 0.1) is 25.2 Å². The van der Waals surface area contributed by atoms with Gasteiger partial charge in [0.1, 0.15) is 5.82 Å². The van der Waals surface area contributed by atoms with E-state index in [1.54, 1.807) is 6.20 Å². The lowest BCUT2D eigenvalue weighted by molar-refractivity contribution is -0.119. The van der Waals surface area contributed by atoms with Crippen LogP contribution >= 0.6 is 0 Å². The standard InChI is InChI=1S/C26H29N3O2/c1-15-10-11-27-21(12-15)29-25(31)22-17(3)28-19-13-26(4,5)14-20(30)24(19)23(22)18-9-7-6-8-16(18)2/h6-12,22-23H,13-14H2,1-5H3,(H,27,29,31)/t22?,23-/m1/s1. The van der Waals surface area contributed by atoms with Gasteiger partial charge in [-0.2, -0.15) is 0 Å². The number of carbonyl (C=O) groups is 2. The quantitative estimate of drug-likeness (QED) is 0.753. The van der Waals surface area contributed by atoms with Gasteiger partial charge in [0, 0.05) is 35.5 Å². The molecule has 31 heavy (non-hydrogen) atoms. The number of aliphatic imine (C=N–C) groups is 1. The van der Waals surface area contributed by atoms with Crippen molar-refractivity contribution in [1.29, 1.82) is 0 Å². The molecule has 160 valence electrons. The number of aromatic nitrogens is 1. The zero-order valence-electron chi connectivity index (χ0n) is 18.8. The molecule has 1 aromatic heterocycles. The maximum absolute atomic E-state index is 13.5. The molecule has 0 saturated carbocycles. The van der Waals surface area contributed by atoms with Gasteiger partial charge in [-0.05, 0) is 61.4 Å². The molecule has 0 radical (unpaired) electrons. The number of nitrogens with one attached hydrogen (secondary N) is 1. The maximum Gasteiger partial charge on any atom is 0.235 e. The van der Waals surface area contributed by atoms with Crippen LogP contribution in [0.25, 0.3) is 0 Å². The number of ketones is 1. The molecule has 5 nitrogen and oxygen atoms in total. The maximum atomic E-state index is 13.5. The fourth-order valence-corrected chi connectivity index (χ4v) is 4.87. The van der Waals surface area contributed by atoms with E-state index in [0.29, 0.717) is 17.8 Å². The topological polar surface area (TPSA) is 71.4 Å². The molecule has 1 aliphatic carbocycles. The van der Waals surface area contributed by atoms with Gasteiger partial charge in [-0.1, -0.05) is 38.1 Å². The SMILES string of the molecule is CC1=NC2=C(C(=O)CC(C)(C)C2)[C@H](c2ccccc2C)C1C(=O)Nc1cc(C)ccn1. The third-order valence-corrected chi connectivity index (χ3v) is 6.27. The van der Waals surface area contributed by atoms with Gasteiger partial charge in [-0.3, -0.25) is 14.6 Å². The molecule has 2 aliphatic rings. The molecule has 2 heterocycles. The second kappa shape index (κ2) is 7.88. The fourth-order valence-electron chi connectivity index (χ4n) is 4.87. The number of rotatable bonds is 3. The first kappa shape index (κ1) is 21.2. The van der Waals surface area contributed by atoms with Crippen LogP contribution in [-0.4, -0.2) is 22.4 Å². The third kappa shape index (κ3) is 4.09. The molecule has 0 fully saturated rings. The van der Waals surface area contributed by atoms with Gasteiger partial charge >= 0.3 is 0 Å². The molecule has 1 amide bonds. The zero-order valence-corrected chi connectivity index (χ0v) is 18.8. The summed E-state index contributed by atoms with van der Waals surface area (Å²) in [6.45, 7) is 10.1. The lowest BCUT2D eigenvalue weighted by Gasteiger charge is -2.39. The van der Waals surface area contributed by atoms with Crippen LogP contribution in [0.1, 0.15) is 56.2 Å². The van der Waals surface area contributed by atoms with Crippen molar-refractivity contribution in [3.05, 3.63) is 70.6 Å². The number of carbonyl (C=O) groups excluding carboxylic acids is 2. The minimum atomic E-state index is -0.563. The summed E-state index contributed by atoms with van der Waals surface area (Å²) in [6, 6.07) is 11.7. The van der Waals surface area contributed by atoms with E-state index >= 15 is 0 Å². The van der Waals surface area contributed by atoms with Gasteiger partial charge in [-0.25, -0.2) is 4.98 Å². The summed E-state index contributed by atoms with van der Waals surface area (Å²) in [5.41, 5.74) is 5.25. The fraction of sp³-hybridized carbons (Fsp3) is 0.385. The molecule has 0 saturated heterocycles. The summed E-state index contributed by atoms with van der Waals surface area (Å²) in [4.78, 5) is 36.0. The first-order valence-electron chi connectivity index (χ1n) is 10.8. The van der Waals surface area contributed by atoms with Crippen LogP contribution in [0.15, 0.2) is 58.9 Å². The van der Waals surface area contributed by atoms with Crippen molar-refractivity contribution >= 4 is 23.2 Å². The number of aryl methyl sites for hydroxylation is 2. The minimum Gasteiger partial charge on any atom is -0.310 e. The number of hydrogen-bond donors (Lipinski definition) is 1. The molecule has 1 N–H and O–H groups in total. The Balaban J connectivity index is 1.82. The van der Waals surface area contributed by atoms with E-state index in [1.807, 2.05) is 57.2 Å². The number of hydrogen-bond acceptors (Lipinski definition) is 4. The van der Waals surface area contributed by atoms with E-state index in [4.69, 9.17) is 4.99 Å². The summed E-state index contributed by atoms with van der Waals surface area (Å²) in [7, 11) is 0. The normalized spacial score (nSPS) is 22.6. The number of Topliss-reactive ketones (excluding diaryl/α,β-unsaturated/α-hetero) is 1. The lowest BCUT2D eigenvalue weighted by Crippen LogP contribution is -2.41. The molecule has 1 aromatic carbocycles. The summed E-state index contributed by atoms with van der Waals surface area (Å²) in [6.07, 6.45) is 2.89. The number of amides is 1. The second-order valence-electron chi connectivity index (χ2n) is 9.57. The Morgan fingerprint density at radius 2 is 1.84 bits per heavy atom. The predicted octanol–water partition coefficient (Wildman–Crippen LogP) is 5.15. The highest BCUT2D eigenvalue weighted by molar-refractivity contribution is 6.13. The predicted molar refractivity (Wildman–Crippen MR) is 123 cm³/mol. The van der Waals surface area contributed by atoms with Crippen LogP contribution in [-0.2, 0) is 9.59 Å². The smallest absolute Gasteiger partial charge is 0.235 e. The highest BCUT2D eigenvalue weighted by Crippen LogP contribution is 2.48. The van der Waals surface area contributed by atoms with Crippen molar-refractivity contribution in [1.82, 2.24) is 4.98 Å². The number of benzene rings is 1.